The predicted octanol–water partition coefficient (Wildman–Crippen LogP) is 6.23. The average molecular weight is 973 g/mol. The van der Waals surface area contributed by atoms with Crippen LogP contribution in [0.25, 0.3) is 22.7 Å². The Morgan fingerprint density at radius 3 is 1.43 bits per heavy atom. The van der Waals surface area contributed by atoms with Gasteiger partial charge in [0.2, 0.25) is 0 Å². The lowest BCUT2D eigenvalue weighted by atomic mass is 10.1. The number of imidazole rings is 2. The first-order valence-corrected chi connectivity index (χ1v) is 23.2. The number of nitrogens with one attached hydrogen (secondary N) is 2. The molecule has 0 saturated heterocycles. The Balaban J connectivity index is 0.000000156. The molecule has 10 aromatic rings. The molecule has 22 heteroatoms. The van der Waals surface area contributed by atoms with Gasteiger partial charge < -0.3 is 28.9 Å². The Morgan fingerprint density at radius 1 is 0.597 bits per heavy atom. The van der Waals surface area contributed by atoms with Gasteiger partial charge in [-0.1, -0.05) is 22.6 Å². The lowest BCUT2D eigenvalue weighted by Gasteiger charge is -2.14. The van der Waals surface area contributed by atoms with Crippen LogP contribution < -0.4 is 20.1 Å². The van der Waals surface area contributed by atoms with Crippen molar-refractivity contribution in [2.24, 2.45) is 0 Å². The molecule has 20 nitrogen and oxygen atoms in total. The Morgan fingerprint density at radius 2 is 1.04 bits per heavy atom. The number of hydrogen-bond donors (Lipinski definition) is 2. The van der Waals surface area contributed by atoms with Crippen molar-refractivity contribution >= 4 is 23.1 Å². The molecule has 2 aliphatic carbocycles. The van der Waals surface area contributed by atoms with Crippen molar-refractivity contribution in [3.63, 3.8) is 0 Å². The lowest BCUT2D eigenvalue weighted by Crippen LogP contribution is -2.25. The normalized spacial score (nSPS) is 13.3. The van der Waals surface area contributed by atoms with Crippen molar-refractivity contribution in [1.29, 1.82) is 0 Å². The van der Waals surface area contributed by atoms with Gasteiger partial charge in [0.25, 0.3) is 11.8 Å². The summed E-state index contributed by atoms with van der Waals surface area (Å²) in [6.07, 6.45) is 22.8. The molecule has 2 aromatic carbocycles. The van der Waals surface area contributed by atoms with Crippen molar-refractivity contribution in [2.75, 3.05) is 14.2 Å². The maximum Gasteiger partial charge on any atom is 0.273 e. The predicted molar refractivity (Wildman–Crippen MR) is 255 cm³/mol. The summed E-state index contributed by atoms with van der Waals surface area (Å²) in [6, 6.07) is 18.2. The number of methoxy groups -OCH3 is 2. The van der Waals surface area contributed by atoms with Gasteiger partial charge in [-0.3, -0.25) is 9.59 Å². The van der Waals surface area contributed by atoms with E-state index in [9.17, 15) is 9.59 Å². The fourth-order valence-electron chi connectivity index (χ4n) is 8.48. The number of halogens is 2. The molecule has 2 N–H and O–H groups in total. The number of pyridine rings is 2. The molecule has 72 heavy (non-hydrogen) atoms. The number of carbonyl (C=O) groups excluding carboxylic acids is 2. The highest BCUT2D eigenvalue weighted by Gasteiger charge is 2.26. The molecule has 0 spiro atoms. The zero-order valence-electron chi connectivity index (χ0n) is 39.0. The van der Waals surface area contributed by atoms with Crippen LogP contribution in [0.3, 0.4) is 0 Å². The van der Waals surface area contributed by atoms with E-state index in [0.717, 1.165) is 22.7 Å². The van der Waals surface area contributed by atoms with Crippen LogP contribution in [0.5, 0.6) is 11.5 Å². The molecule has 2 aliphatic rings. The van der Waals surface area contributed by atoms with Crippen LogP contribution >= 0.6 is 0 Å². The number of carbonyl (C=O) groups is 2. The van der Waals surface area contributed by atoms with E-state index < -0.39 is 23.4 Å². The SMILES string of the molecule is COc1ccc(-n2cccn2)c(CNC(=O)c2cn(Cc3cn4cc(C5CC5)ccc4n3)nn2)c1F.COc1ccc(-n2cccn2)c(CNC(=O)c2cn(Cc3cn4cc(C5CC5)ccc4n3)nn2)c1F. The second-order valence-electron chi connectivity index (χ2n) is 17.5. The highest BCUT2D eigenvalue weighted by molar-refractivity contribution is 5.92. The summed E-state index contributed by atoms with van der Waals surface area (Å²) in [7, 11) is 2.78. The third-order valence-corrected chi connectivity index (χ3v) is 12.5. The largest absolute Gasteiger partial charge is 0.494 e. The molecule has 0 atom stereocenters. The molecular formula is C50H46F2N16O4. The highest BCUT2D eigenvalue weighted by Crippen LogP contribution is 2.40. The summed E-state index contributed by atoms with van der Waals surface area (Å²) in [5.41, 5.74) is 7.73. The van der Waals surface area contributed by atoms with Gasteiger partial charge in [-0.2, -0.15) is 10.2 Å². The van der Waals surface area contributed by atoms with Crippen molar-refractivity contribution in [3.8, 4) is 22.9 Å². The zero-order valence-corrected chi connectivity index (χ0v) is 39.0. The number of nitrogens with zero attached hydrogens (tertiary/aromatic N) is 14. The van der Waals surface area contributed by atoms with E-state index in [1.807, 2.05) is 33.3 Å². The van der Waals surface area contributed by atoms with Crippen molar-refractivity contribution in [1.82, 2.24) is 79.0 Å². The minimum absolute atomic E-state index is 0.0813. The maximum absolute atomic E-state index is 15.0. The quantitative estimate of drug-likeness (QED) is 0.111. The Labute approximate surface area is 408 Å². The van der Waals surface area contributed by atoms with Gasteiger partial charge >= 0.3 is 0 Å². The third-order valence-electron chi connectivity index (χ3n) is 12.5. The van der Waals surface area contributed by atoms with Crippen molar-refractivity contribution in [2.45, 2.75) is 63.7 Å². The second-order valence-corrected chi connectivity index (χ2v) is 17.5. The van der Waals surface area contributed by atoms with Gasteiger partial charge in [0.15, 0.2) is 34.5 Å². The maximum atomic E-state index is 15.0. The highest BCUT2D eigenvalue weighted by atomic mass is 19.1. The molecular weight excluding hydrogens is 927 g/mol. The van der Waals surface area contributed by atoms with E-state index >= 15 is 8.78 Å². The van der Waals surface area contributed by atoms with Gasteiger partial charge in [0.1, 0.15) is 11.3 Å². The molecule has 364 valence electrons. The standard InChI is InChI=1S/2C25H23FN8O2/c2*1-36-22-7-6-21(34-10-2-9-28-34)19(24(22)26)11-27-25(35)20-15-33(31-30-20)14-18-13-32-12-17(16-3-4-16)5-8-23(32)29-18/h2*2,5-10,12-13,15-16H,3-4,11,14H2,1H3,(H,27,35). The summed E-state index contributed by atoms with van der Waals surface area (Å²) in [6.45, 7) is 0.572. The Bertz CT molecular complexity index is 3340. The van der Waals surface area contributed by atoms with Gasteiger partial charge in [0.05, 0.1) is 62.5 Å². The first-order chi connectivity index (χ1) is 35.2. The van der Waals surface area contributed by atoms with E-state index in [2.05, 4.69) is 75.9 Å². The van der Waals surface area contributed by atoms with Crippen LogP contribution in [0.15, 0.2) is 123 Å². The fourth-order valence-corrected chi connectivity index (χ4v) is 8.48. The van der Waals surface area contributed by atoms with E-state index in [1.54, 1.807) is 70.8 Å². The van der Waals surface area contributed by atoms with E-state index in [-0.39, 0.29) is 47.1 Å². The summed E-state index contributed by atoms with van der Waals surface area (Å²) in [5, 5.41) is 29.9. The van der Waals surface area contributed by atoms with Gasteiger partial charge in [-0.05, 0) is 97.2 Å². The molecule has 8 aromatic heterocycles. The summed E-state index contributed by atoms with van der Waals surface area (Å²) >= 11 is 0. The minimum atomic E-state index is -0.564. The third kappa shape index (κ3) is 9.60. The Kier molecular flexibility index (Phi) is 12.2. The number of ether oxygens (including phenoxy) is 2. The summed E-state index contributed by atoms with van der Waals surface area (Å²) < 4.78 is 50.5. The van der Waals surface area contributed by atoms with Crippen molar-refractivity contribution in [3.05, 3.63) is 179 Å². The molecule has 0 aliphatic heterocycles. The molecule has 0 radical (unpaired) electrons. The van der Waals surface area contributed by atoms with E-state index in [0.29, 0.717) is 36.3 Å². The average Bonchev–Trinajstić information content (AvgIpc) is 3.85. The van der Waals surface area contributed by atoms with E-state index in [4.69, 9.17) is 9.47 Å². The van der Waals surface area contributed by atoms with E-state index in [1.165, 1.54) is 72.5 Å². The van der Waals surface area contributed by atoms with Crippen LogP contribution in [0.4, 0.5) is 8.78 Å². The van der Waals surface area contributed by atoms with Crippen molar-refractivity contribution < 1.29 is 27.8 Å². The summed E-state index contributed by atoms with van der Waals surface area (Å²) in [5.74, 6) is -0.582. The topological polar surface area (TPSA) is 208 Å². The first-order valence-electron chi connectivity index (χ1n) is 23.2. The first kappa shape index (κ1) is 45.4. The second kappa shape index (κ2) is 19.4. The summed E-state index contributed by atoms with van der Waals surface area (Å²) in [4.78, 5) is 34.8. The number of aromatic nitrogens is 14. The Hall–Kier alpha value is -9.08. The zero-order chi connectivity index (χ0) is 49.3. The van der Waals surface area contributed by atoms with Crippen LogP contribution in [-0.4, -0.2) is 94.4 Å². The number of amides is 2. The number of benzene rings is 2. The van der Waals surface area contributed by atoms with Crippen LogP contribution in [0.1, 0.15) is 92.1 Å². The van der Waals surface area contributed by atoms with Gasteiger partial charge in [-0.15, -0.1) is 10.2 Å². The van der Waals surface area contributed by atoms with Crippen LogP contribution in [0.2, 0.25) is 0 Å². The van der Waals surface area contributed by atoms with Gasteiger partial charge in [0, 0.05) is 73.8 Å². The number of fused-ring (bicyclic) bond motifs is 2. The minimum Gasteiger partial charge on any atom is -0.494 e. The molecule has 0 bridgehead atoms. The lowest BCUT2D eigenvalue weighted by molar-refractivity contribution is 0.0937. The molecule has 2 amide bonds. The molecule has 2 saturated carbocycles. The fraction of sp³-hybridized carbons (Fsp3) is 0.240. The smallest absolute Gasteiger partial charge is 0.273 e. The number of rotatable bonds is 16. The molecule has 8 heterocycles. The van der Waals surface area contributed by atoms with Gasteiger partial charge in [-0.25, -0.2) is 37.5 Å². The molecule has 2 fully saturated rings. The van der Waals surface area contributed by atoms with Crippen LogP contribution in [-0.2, 0) is 26.2 Å². The molecule has 12 rings (SSSR count). The monoisotopic (exact) mass is 972 g/mol. The number of hydrogen-bond acceptors (Lipinski definition) is 12. The van der Waals surface area contributed by atoms with Crippen LogP contribution in [0, 0.1) is 11.6 Å². The molecule has 0 unspecified atom stereocenters.